The molecule has 2 rings (SSSR count). The number of carbonyl (C=O) groups excluding carboxylic acids is 1. The Balaban J connectivity index is 2.14. The number of thiocarbonyl (C=S) groups is 1. The number of ether oxygens (including phenoxy) is 1. The summed E-state index contributed by atoms with van der Waals surface area (Å²) < 4.78 is 5.41. The van der Waals surface area contributed by atoms with Gasteiger partial charge in [0.15, 0.2) is 0 Å². The molecular weight excluding hydrogens is 250 g/mol. The van der Waals surface area contributed by atoms with Gasteiger partial charge in [0, 0.05) is 18.4 Å². The van der Waals surface area contributed by atoms with Gasteiger partial charge in [-0.3, -0.25) is 9.78 Å². The molecular formula is C12H15N3O2S. The number of nitrogens with zero attached hydrogens (tertiary/aromatic N) is 2. The lowest BCUT2D eigenvalue weighted by Gasteiger charge is -2.32. The van der Waals surface area contributed by atoms with Crippen LogP contribution in [0.3, 0.4) is 0 Å². The number of rotatable bonds is 2. The third-order valence-electron chi connectivity index (χ3n) is 2.91. The van der Waals surface area contributed by atoms with Gasteiger partial charge in [-0.2, -0.15) is 0 Å². The van der Waals surface area contributed by atoms with Crippen LogP contribution in [0.4, 0.5) is 0 Å². The molecule has 2 N–H and O–H groups in total. The number of nitrogens with two attached hydrogens (primary N) is 1. The number of aromatic nitrogens is 1. The van der Waals surface area contributed by atoms with E-state index in [9.17, 15) is 4.79 Å². The molecule has 1 fully saturated rings. The second-order valence-electron chi connectivity index (χ2n) is 4.15. The number of pyridine rings is 1. The molecule has 5 nitrogen and oxygen atoms in total. The fourth-order valence-electron chi connectivity index (χ4n) is 1.89. The van der Waals surface area contributed by atoms with Gasteiger partial charge in [-0.05, 0) is 19.1 Å². The van der Waals surface area contributed by atoms with E-state index in [4.69, 9.17) is 22.7 Å². The number of morpholine rings is 1. The van der Waals surface area contributed by atoms with Crippen LogP contribution in [0, 0.1) is 6.92 Å². The van der Waals surface area contributed by atoms with E-state index in [0.29, 0.717) is 25.3 Å². The van der Waals surface area contributed by atoms with E-state index in [2.05, 4.69) is 4.98 Å². The standard InChI is InChI=1S/C12H15N3O2S/c1-8-9(3-2-4-14-8)12(16)15-5-6-17-10(7-15)11(13)18/h2-4,10H,5-7H2,1H3,(H2,13,18). The lowest BCUT2D eigenvalue weighted by Crippen LogP contribution is -2.50. The second kappa shape index (κ2) is 5.41. The highest BCUT2D eigenvalue weighted by atomic mass is 32.1. The van der Waals surface area contributed by atoms with E-state index < -0.39 is 0 Å². The van der Waals surface area contributed by atoms with Crippen molar-refractivity contribution in [3.63, 3.8) is 0 Å². The molecule has 1 atom stereocenters. The number of hydrogen-bond acceptors (Lipinski definition) is 4. The maximum Gasteiger partial charge on any atom is 0.255 e. The Labute approximate surface area is 111 Å². The molecule has 1 aliphatic rings. The van der Waals surface area contributed by atoms with Gasteiger partial charge in [-0.1, -0.05) is 12.2 Å². The van der Waals surface area contributed by atoms with E-state index >= 15 is 0 Å². The smallest absolute Gasteiger partial charge is 0.255 e. The van der Waals surface area contributed by atoms with Gasteiger partial charge in [0.05, 0.1) is 18.7 Å². The molecule has 0 aromatic carbocycles. The van der Waals surface area contributed by atoms with Crippen LogP contribution in [0.5, 0.6) is 0 Å². The predicted molar refractivity (Wildman–Crippen MR) is 71.4 cm³/mol. The van der Waals surface area contributed by atoms with E-state index in [0.717, 1.165) is 5.69 Å². The molecule has 96 valence electrons. The molecule has 1 amide bonds. The number of aryl methyl sites for hydroxylation is 1. The highest BCUT2D eigenvalue weighted by molar-refractivity contribution is 7.80. The maximum absolute atomic E-state index is 12.3. The van der Waals surface area contributed by atoms with Gasteiger partial charge in [0.2, 0.25) is 0 Å². The Hall–Kier alpha value is -1.53. The van der Waals surface area contributed by atoms with Gasteiger partial charge in [-0.15, -0.1) is 0 Å². The molecule has 0 aliphatic carbocycles. The van der Waals surface area contributed by atoms with Crippen molar-refractivity contribution in [2.45, 2.75) is 13.0 Å². The first-order valence-corrected chi connectivity index (χ1v) is 6.12. The van der Waals surface area contributed by atoms with Crippen molar-refractivity contribution in [1.29, 1.82) is 0 Å². The zero-order valence-electron chi connectivity index (χ0n) is 10.1. The van der Waals surface area contributed by atoms with Gasteiger partial charge in [-0.25, -0.2) is 0 Å². The van der Waals surface area contributed by atoms with E-state index in [-0.39, 0.29) is 17.0 Å². The Bertz CT molecular complexity index is 478. The summed E-state index contributed by atoms with van der Waals surface area (Å²) in [5.41, 5.74) is 6.89. The number of hydrogen-bond donors (Lipinski definition) is 1. The first-order chi connectivity index (χ1) is 8.59. The summed E-state index contributed by atoms with van der Waals surface area (Å²) in [4.78, 5) is 18.4. The third-order valence-corrected chi connectivity index (χ3v) is 3.17. The molecule has 0 spiro atoms. The van der Waals surface area contributed by atoms with Crippen molar-refractivity contribution in [3.8, 4) is 0 Å². The minimum Gasteiger partial charge on any atom is -0.391 e. The van der Waals surface area contributed by atoms with Crippen molar-refractivity contribution in [2.75, 3.05) is 19.7 Å². The fourth-order valence-corrected chi connectivity index (χ4v) is 2.03. The van der Waals surface area contributed by atoms with Crippen molar-refractivity contribution in [1.82, 2.24) is 9.88 Å². The van der Waals surface area contributed by atoms with Gasteiger partial charge < -0.3 is 15.4 Å². The first-order valence-electron chi connectivity index (χ1n) is 5.71. The summed E-state index contributed by atoms with van der Waals surface area (Å²) in [6.45, 7) is 3.22. The SMILES string of the molecule is Cc1ncccc1C(=O)N1CCOC(C(N)=S)C1. The minimum atomic E-state index is -0.352. The Morgan fingerprint density at radius 2 is 2.44 bits per heavy atom. The van der Waals surface area contributed by atoms with Crippen LogP contribution in [-0.2, 0) is 4.74 Å². The van der Waals surface area contributed by atoms with Crippen LogP contribution in [-0.4, -0.2) is 46.6 Å². The largest absolute Gasteiger partial charge is 0.391 e. The second-order valence-corrected chi connectivity index (χ2v) is 4.62. The van der Waals surface area contributed by atoms with Gasteiger partial charge in [0.1, 0.15) is 11.1 Å². The first kappa shape index (κ1) is 12.9. The zero-order valence-corrected chi connectivity index (χ0v) is 10.9. The molecule has 1 unspecified atom stereocenters. The molecule has 1 saturated heterocycles. The van der Waals surface area contributed by atoms with Gasteiger partial charge >= 0.3 is 0 Å². The molecule has 1 aromatic heterocycles. The average Bonchev–Trinajstić information content (AvgIpc) is 2.38. The monoisotopic (exact) mass is 265 g/mol. The van der Waals surface area contributed by atoms with Crippen LogP contribution in [0.2, 0.25) is 0 Å². The molecule has 18 heavy (non-hydrogen) atoms. The number of amides is 1. The summed E-state index contributed by atoms with van der Waals surface area (Å²) in [7, 11) is 0. The van der Waals surface area contributed by atoms with Crippen LogP contribution >= 0.6 is 12.2 Å². The lowest BCUT2D eigenvalue weighted by molar-refractivity contribution is 0.00872. The Morgan fingerprint density at radius 1 is 1.67 bits per heavy atom. The molecule has 0 bridgehead atoms. The molecule has 2 heterocycles. The minimum absolute atomic E-state index is 0.0508. The van der Waals surface area contributed by atoms with Crippen molar-refractivity contribution < 1.29 is 9.53 Å². The molecule has 6 heteroatoms. The maximum atomic E-state index is 12.3. The summed E-state index contributed by atoms with van der Waals surface area (Å²) in [5, 5.41) is 0. The van der Waals surface area contributed by atoms with Crippen molar-refractivity contribution in [2.24, 2.45) is 5.73 Å². The predicted octanol–water partition coefficient (Wildman–Crippen LogP) is 0.517. The summed E-state index contributed by atoms with van der Waals surface area (Å²) in [6.07, 6.45) is 1.32. The average molecular weight is 265 g/mol. The Kier molecular flexibility index (Phi) is 3.88. The summed E-state index contributed by atoms with van der Waals surface area (Å²) >= 11 is 4.90. The highest BCUT2D eigenvalue weighted by Crippen LogP contribution is 2.12. The summed E-state index contributed by atoms with van der Waals surface area (Å²) in [6, 6.07) is 3.53. The summed E-state index contributed by atoms with van der Waals surface area (Å²) in [5.74, 6) is -0.0508. The molecule has 1 aromatic rings. The zero-order chi connectivity index (χ0) is 13.1. The fraction of sp³-hybridized carbons (Fsp3) is 0.417. The number of carbonyl (C=O) groups is 1. The normalized spacial score (nSPS) is 19.6. The van der Waals surface area contributed by atoms with Crippen LogP contribution in [0.25, 0.3) is 0 Å². The lowest BCUT2D eigenvalue weighted by atomic mass is 10.1. The third kappa shape index (κ3) is 2.65. The van der Waals surface area contributed by atoms with Gasteiger partial charge in [0.25, 0.3) is 5.91 Å². The Morgan fingerprint density at radius 3 is 3.11 bits per heavy atom. The van der Waals surface area contributed by atoms with Crippen molar-refractivity contribution in [3.05, 3.63) is 29.6 Å². The molecule has 1 aliphatic heterocycles. The van der Waals surface area contributed by atoms with E-state index in [1.54, 1.807) is 23.2 Å². The van der Waals surface area contributed by atoms with E-state index in [1.165, 1.54) is 0 Å². The highest BCUT2D eigenvalue weighted by Gasteiger charge is 2.27. The quantitative estimate of drug-likeness (QED) is 0.789. The topological polar surface area (TPSA) is 68.5 Å². The van der Waals surface area contributed by atoms with Crippen molar-refractivity contribution >= 4 is 23.1 Å². The molecule has 0 saturated carbocycles. The van der Waals surface area contributed by atoms with Crippen LogP contribution in [0.1, 0.15) is 16.1 Å². The van der Waals surface area contributed by atoms with E-state index in [1.807, 2.05) is 6.92 Å². The van der Waals surface area contributed by atoms with Crippen LogP contribution < -0.4 is 5.73 Å². The molecule has 0 radical (unpaired) electrons. The van der Waals surface area contributed by atoms with Crippen LogP contribution in [0.15, 0.2) is 18.3 Å².